The van der Waals surface area contributed by atoms with Gasteiger partial charge in [-0.3, -0.25) is 14.9 Å². The Balaban J connectivity index is 2.33. The van der Waals surface area contributed by atoms with Gasteiger partial charge in [-0.15, -0.1) is 0 Å². The van der Waals surface area contributed by atoms with Gasteiger partial charge in [0, 0.05) is 25.8 Å². The van der Waals surface area contributed by atoms with Crippen molar-refractivity contribution in [2.75, 3.05) is 24.6 Å². The Hall–Kier alpha value is -0.750. The summed E-state index contributed by atoms with van der Waals surface area (Å²) < 4.78 is 0. The van der Waals surface area contributed by atoms with Crippen molar-refractivity contribution in [2.45, 2.75) is 18.9 Å². The lowest BCUT2D eigenvalue weighted by Gasteiger charge is -2.24. The Morgan fingerprint density at radius 2 is 2.20 bits per heavy atom. The molecular weight excluding hydrogens is 216 g/mol. The van der Waals surface area contributed by atoms with Crippen LogP contribution < -0.4 is 10.6 Å². The van der Waals surface area contributed by atoms with E-state index in [1.165, 1.54) is 6.92 Å². The van der Waals surface area contributed by atoms with Gasteiger partial charge in [-0.2, -0.15) is 11.8 Å². The molecule has 6 heteroatoms. The topological polar surface area (TPSA) is 78.4 Å². The third-order valence-corrected chi connectivity index (χ3v) is 3.58. The highest BCUT2D eigenvalue weighted by Gasteiger charge is 2.41. The molecule has 0 saturated carbocycles. The summed E-state index contributed by atoms with van der Waals surface area (Å²) in [5.41, 5.74) is -0.789. The second kappa shape index (κ2) is 5.37. The largest absolute Gasteiger partial charge is 0.480 e. The first kappa shape index (κ1) is 12.3. The van der Waals surface area contributed by atoms with Gasteiger partial charge >= 0.3 is 5.97 Å². The van der Waals surface area contributed by atoms with E-state index in [-0.39, 0.29) is 5.91 Å². The highest BCUT2D eigenvalue weighted by atomic mass is 32.2. The van der Waals surface area contributed by atoms with Gasteiger partial charge in [0.05, 0.1) is 0 Å². The zero-order valence-corrected chi connectivity index (χ0v) is 9.52. The molecule has 1 aliphatic heterocycles. The number of carbonyl (C=O) groups excluding carboxylic acids is 1. The Kier molecular flexibility index (Phi) is 4.41. The Morgan fingerprint density at radius 3 is 2.67 bits per heavy atom. The van der Waals surface area contributed by atoms with Crippen LogP contribution in [0.25, 0.3) is 0 Å². The summed E-state index contributed by atoms with van der Waals surface area (Å²) in [5.74, 6) is 0.583. The number of nitrogens with one attached hydrogen (secondary N) is 2. The minimum atomic E-state index is -0.796. The van der Waals surface area contributed by atoms with E-state index < -0.39 is 11.5 Å². The van der Waals surface area contributed by atoms with Crippen LogP contribution in [0.2, 0.25) is 0 Å². The molecule has 0 radical (unpaired) electrons. The number of hydrogen-bond donors (Lipinski definition) is 3. The number of aliphatic carboxylic acids is 1. The third kappa shape index (κ3) is 3.39. The van der Waals surface area contributed by atoms with Crippen molar-refractivity contribution in [1.82, 2.24) is 10.6 Å². The number of amides is 1. The van der Waals surface area contributed by atoms with E-state index in [2.05, 4.69) is 10.6 Å². The zero-order chi connectivity index (χ0) is 11.3. The van der Waals surface area contributed by atoms with Gasteiger partial charge in [0.25, 0.3) is 0 Å². The van der Waals surface area contributed by atoms with Crippen molar-refractivity contribution in [1.29, 1.82) is 0 Å². The number of hydrogen-bond acceptors (Lipinski definition) is 4. The van der Waals surface area contributed by atoms with Gasteiger partial charge in [0.2, 0.25) is 5.91 Å². The summed E-state index contributed by atoms with van der Waals surface area (Å²) >= 11 is 1.64. The molecule has 0 aromatic heterocycles. The van der Waals surface area contributed by atoms with Crippen LogP contribution >= 0.6 is 11.8 Å². The summed E-state index contributed by atoms with van der Waals surface area (Å²) in [5, 5.41) is 14.7. The van der Waals surface area contributed by atoms with E-state index >= 15 is 0 Å². The third-order valence-electron chi connectivity index (χ3n) is 2.39. The smallest absolute Gasteiger partial charge is 0.324 e. The molecule has 0 aromatic carbocycles. The van der Waals surface area contributed by atoms with E-state index in [1.807, 2.05) is 0 Å². The number of rotatable bonds is 5. The second-order valence-electron chi connectivity index (χ2n) is 3.60. The van der Waals surface area contributed by atoms with E-state index in [0.717, 1.165) is 5.75 Å². The summed E-state index contributed by atoms with van der Waals surface area (Å²) in [6.07, 6.45) is 0.646. The SMILES string of the molecule is CC(=O)NCCNC1(C(=O)O)CCSC1. The molecule has 1 rings (SSSR count). The molecule has 0 bridgehead atoms. The predicted molar refractivity (Wildman–Crippen MR) is 59.0 cm³/mol. The summed E-state index contributed by atoms with van der Waals surface area (Å²) in [6.45, 7) is 2.40. The molecule has 1 saturated heterocycles. The maximum Gasteiger partial charge on any atom is 0.324 e. The van der Waals surface area contributed by atoms with Gasteiger partial charge in [-0.05, 0) is 12.2 Å². The molecule has 0 spiro atoms. The van der Waals surface area contributed by atoms with Gasteiger partial charge in [-0.25, -0.2) is 0 Å². The quantitative estimate of drug-likeness (QED) is 0.566. The highest BCUT2D eigenvalue weighted by molar-refractivity contribution is 7.99. The maximum atomic E-state index is 11.1. The fourth-order valence-electron chi connectivity index (χ4n) is 1.49. The Morgan fingerprint density at radius 1 is 1.47 bits per heavy atom. The fourth-order valence-corrected chi connectivity index (χ4v) is 2.84. The van der Waals surface area contributed by atoms with Crippen LogP contribution in [0.3, 0.4) is 0 Å². The van der Waals surface area contributed by atoms with Crippen molar-refractivity contribution in [3.8, 4) is 0 Å². The van der Waals surface area contributed by atoms with E-state index in [1.54, 1.807) is 11.8 Å². The van der Waals surface area contributed by atoms with Crippen molar-refractivity contribution >= 4 is 23.6 Å². The van der Waals surface area contributed by atoms with Crippen LogP contribution in [0.15, 0.2) is 0 Å². The summed E-state index contributed by atoms with van der Waals surface area (Å²) in [4.78, 5) is 21.7. The number of thioether (sulfide) groups is 1. The van der Waals surface area contributed by atoms with Crippen molar-refractivity contribution in [3.63, 3.8) is 0 Å². The lowest BCUT2D eigenvalue weighted by molar-refractivity contribution is -0.143. The molecule has 1 aliphatic rings. The van der Waals surface area contributed by atoms with Gasteiger partial charge in [0.15, 0.2) is 0 Å². The molecule has 1 atom stereocenters. The molecule has 0 aliphatic carbocycles. The summed E-state index contributed by atoms with van der Waals surface area (Å²) in [7, 11) is 0. The van der Waals surface area contributed by atoms with E-state index in [0.29, 0.717) is 25.3 Å². The second-order valence-corrected chi connectivity index (χ2v) is 4.70. The molecule has 1 amide bonds. The maximum absolute atomic E-state index is 11.1. The standard InChI is InChI=1S/C9H16N2O3S/c1-7(12)10-3-4-11-9(8(13)14)2-5-15-6-9/h11H,2-6H2,1H3,(H,10,12)(H,13,14). The minimum Gasteiger partial charge on any atom is -0.480 e. The number of carboxylic acid groups (broad SMARTS) is 1. The van der Waals surface area contributed by atoms with Crippen LogP contribution in [-0.2, 0) is 9.59 Å². The predicted octanol–water partition coefficient (Wildman–Crippen LogP) is -0.328. The van der Waals surface area contributed by atoms with Gasteiger partial charge < -0.3 is 10.4 Å². The molecule has 0 aromatic rings. The average Bonchev–Trinajstić information content (AvgIpc) is 2.62. The van der Waals surface area contributed by atoms with E-state index in [9.17, 15) is 9.59 Å². The minimum absolute atomic E-state index is 0.0954. The molecule has 15 heavy (non-hydrogen) atoms. The average molecular weight is 232 g/mol. The van der Waals surface area contributed by atoms with Crippen LogP contribution in [0.5, 0.6) is 0 Å². The molecule has 5 nitrogen and oxygen atoms in total. The Labute approximate surface area is 93.0 Å². The molecular formula is C9H16N2O3S. The van der Waals surface area contributed by atoms with Crippen LogP contribution in [-0.4, -0.2) is 47.1 Å². The lowest BCUT2D eigenvalue weighted by Crippen LogP contribution is -2.54. The van der Waals surface area contributed by atoms with E-state index in [4.69, 9.17) is 5.11 Å². The normalized spacial score (nSPS) is 25.1. The molecule has 3 N–H and O–H groups in total. The Bertz CT molecular complexity index is 252. The van der Waals surface area contributed by atoms with Crippen LogP contribution in [0.1, 0.15) is 13.3 Å². The zero-order valence-electron chi connectivity index (χ0n) is 8.71. The van der Waals surface area contributed by atoms with Gasteiger partial charge in [-0.1, -0.05) is 0 Å². The molecule has 86 valence electrons. The summed E-state index contributed by atoms with van der Waals surface area (Å²) in [6, 6.07) is 0. The number of carboxylic acids is 1. The molecule has 1 heterocycles. The molecule has 1 unspecified atom stereocenters. The van der Waals surface area contributed by atoms with Crippen molar-refractivity contribution < 1.29 is 14.7 Å². The number of carbonyl (C=O) groups is 2. The van der Waals surface area contributed by atoms with Gasteiger partial charge in [0.1, 0.15) is 5.54 Å². The first-order valence-corrected chi connectivity index (χ1v) is 6.03. The lowest BCUT2D eigenvalue weighted by atomic mass is 9.99. The van der Waals surface area contributed by atoms with Crippen molar-refractivity contribution in [2.24, 2.45) is 0 Å². The highest BCUT2D eigenvalue weighted by Crippen LogP contribution is 2.27. The molecule has 1 fully saturated rings. The van der Waals surface area contributed by atoms with Crippen LogP contribution in [0.4, 0.5) is 0 Å². The monoisotopic (exact) mass is 232 g/mol. The first-order valence-electron chi connectivity index (χ1n) is 4.87. The van der Waals surface area contributed by atoms with Crippen molar-refractivity contribution in [3.05, 3.63) is 0 Å². The van der Waals surface area contributed by atoms with Crippen LogP contribution in [0, 0.1) is 0 Å². The first-order chi connectivity index (χ1) is 7.07. The fraction of sp³-hybridized carbons (Fsp3) is 0.778.